The minimum absolute atomic E-state index is 0.0583. The predicted molar refractivity (Wildman–Crippen MR) is 136 cm³/mol. The van der Waals surface area contributed by atoms with Crippen LogP contribution in [0.15, 0.2) is 87.1 Å². The van der Waals surface area contributed by atoms with Crippen molar-refractivity contribution in [2.75, 3.05) is 18.6 Å². The van der Waals surface area contributed by atoms with Crippen LogP contribution in [-0.2, 0) is 9.59 Å². The lowest BCUT2D eigenvalue weighted by Gasteiger charge is -2.30. The lowest BCUT2D eigenvalue weighted by atomic mass is 10.1. The SMILES string of the molecule is COc1ccc(C=C2Sc3ccccc3N(CC(=O)NC(C)c3ccccc3)C2=O)cc1Br. The Morgan fingerprint density at radius 1 is 1.12 bits per heavy atom. The van der Waals surface area contributed by atoms with Crippen LogP contribution in [0.4, 0.5) is 5.69 Å². The second-order valence-electron chi connectivity index (χ2n) is 7.56. The fourth-order valence-electron chi connectivity index (χ4n) is 3.60. The summed E-state index contributed by atoms with van der Waals surface area (Å²) in [6.07, 6.45) is 1.84. The van der Waals surface area contributed by atoms with E-state index in [0.29, 0.717) is 4.91 Å². The average Bonchev–Trinajstić information content (AvgIpc) is 2.82. The predicted octanol–water partition coefficient (Wildman–Crippen LogP) is 5.81. The number of anilines is 1. The van der Waals surface area contributed by atoms with Crippen LogP contribution in [0.3, 0.4) is 0 Å². The summed E-state index contributed by atoms with van der Waals surface area (Å²) >= 11 is 4.90. The maximum absolute atomic E-state index is 13.4. The van der Waals surface area contributed by atoms with E-state index in [9.17, 15) is 9.59 Å². The van der Waals surface area contributed by atoms with Crippen LogP contribution >= 0.6 is 27.7 Å². The van der Waals surface area contributed by atoms with Gasteiger partial charge in [0.2, 0.25) is 5.91 Å². The molecule has 4 rings (SSSR count). The summed E-state index contributed by atoms with van der Waals surface area (Å²) in [5.41, 5.74) is 2.61. The number of rotatable bonds is 6. The fourth-order valence-corrected chi connectivity index (χ4v) is 5.22. The summed E-state index contributed by atoms with van der Waals surface area (Å²) in [7, 11) is 1.61. The number of para-hydroxylation sites is 1. The number of halogens is 1. The third-order valence-electron chi connectivity index (χ3n) is 5.28. The van der Waals surface area contributed by atoms with E-state index in [1.54, 1.807) is 12.0 Å². The van der Waals surface area contributed by atoms with Crippen molar-refractivity contribution in [2.45, 2.75) is 17.9 Å². The summed E-state index contributed by atoms with van der Waals surface area (Å²) < 4.78 is 6.09. The highest BCUT2D eigenvalue weighted by Gasteiger charge is 2.30. The molecule has 3 aromatic rings. The van der Waals surface area contributed by atoms with Crippen molar-refractivity contribution in [1.82, 2.24) is 5.32 Å². The van der Waals surface area contributed by atoms with Crippen molar-refractivity contribution in [2.24, 2.45) is 0 Å². The molecular weight excluding hydrogens is 500 g/mol. The van der Waals surface area contributed by atoms with Crippen molar-refractivity contribution in [3.05, 3.63) is 93.3 Å². The molecule has 33 heavy (non-hydrogen) atoms. The Labute approximate surface area is 206 Å². The van der Waals surface area contributed by atoms with Crippen molar-refractivity contribution >= 4 is 51.3 Å². The second kappa shape index (κ2) is 10.3. The van der Waals surface area contributed by atoms with E-state index < -0.39 is 0 Å². The molecule has 1 unspecified atom stereocenters. The number of amides is 2. The highest BCUT2D eigenvalue weighted by molar-refractivity contribution is 9.10. The minimum Gasteiger partial charge on any atom is -0.496 e. The number of fused-ring (bicyclic) bond motifs is 1. The van der Waals surface area contributed by atoms with Crippen LogP contribution < -0.4 is 15.0 Å². The van der Waals surface area contributed by atoms with Crippen molar-refractivity contribution in [3.8, 4) is 5.75 Å². The van der Waals surface area contributed by atoms with Gasteiger partial charge in [0.25, 0.3) is 5.91 Å². The van der Waals surface area contributed by atoms with Gasteiger partial charge in [-0.2, -0.15) is 0 Å². The number of thioether (sulfide) groups is 1. The smallest absolute Gasteiger partial charge is 0.265 e. The van der Waals surface area contributed by atoms with Crippen LogP contribution in [0.25, 0.3) is 6.08 Å². The summed E-state index contributed by atoms with van der Waals surface area (Å²) in [5, 5.41) is 3.00. The summed E-state index contributed by atoms with van der Waals surface area (Å²) in [4.78, 5) is 29.3. The molecule has 5 nitrogen and oxygen atoms in total. The molecule has 0 bridgehead atoms. The fraction of sp³-hybridized carbons (Fsp3) is 0.154. The zero-order chi connectivity index (χ0) is 23.4. The van der Waals surface area contributed by atoms with Gasteiger partial charge in [0.1, 0.15) is 12.3 Å². The highest BCUT2D eigenvalue weighted by Crippen LogP contribution is 2.42. The van der Waals surface area contributed by atoms with Crippen molar-refractivity contribution < 1.29 is 14.3 Å². The van der Waals surface area contributed by atoms with Gasteiger partial charge in [0.15, 0.2) is 0 Å². The lowest BCUT2D eigenvalue weighted by molar-refractivity contribution is -0.122. The van der Waals surface area contributed by atoms with Gasteiger partial charge in [-0.15, -0.1) is 0 Å². The largest absolute Gasteiger partial charge is 0.496 e. The van der Waals surface area contributed by atoms with E-state index in [4.69, 9.17) is 4.74 Å². The molecule has 0 saturated heterocycles. The molecule has 1 N–H and O–H groups in total. The molecule has 1 heterocycles. The van der Waals surface area contributed by atoms with Crippen LogP contribution in [0.2, 0.25) is 0 Å². The van der Waals surface area contributed by atoms with Gasteiger partial charge in [-0.25, -0.2) is 0 Å². The Kier molecular flexibility index (Phi) is 7.20. The van der Waals surface area contributed by atoms with Crippen LogP contribution in [0.1, 0.15) is 24.1 Å². The molecule has 0 radical (unpaired) electrons. The summed E-state index contributed by atoms with van der Waals surface area (Å²) in [6, 6.07) is 22.9. The molecule has 0 fully saturated rings. The maximum atomic E-state index is 13.4. The second-order valence-corrected chi connectivity index (χ2v) is 9.50. The molecular formula is C26H23BrN2O3S. The van der Waals surface area contributed by atoms with E-state index in [0.717, 1.165) is 31.9 Å². The average molecular weight is 523 g/mol. The van der Waals surface area contributed by atoms with Gasteiger partial charge in [-0.05, 0) is 64.3 Å². The Morgan fingerprint density at radius 2 is 1.85 bits per heavy atom. The zero-order valence-corrected chi connectivity index (χ0v) is 20.7. The number of ether oxygens (including phenoxy) is 1. The number of hydrogen-bond acceptors (Lipinski definition) is 4. The molecule has 0 spiro atoms. The third-order valence-corrected chi connectivity index (χ3v) is 6.98. The van der Waals surface area contributed by atoms with Gasteiger partial charge < -0.3 is 10.1 Å². The molecule has 3 aromatic carbocycles. The third kappa shape index (κ3) is 5.31. The quantitative estimate of drug-likeness (QED) is 0.414. The highest BCUT2D eigenvalue weighted by atomic mass is 79.9. The topological polar surface area (TPSA) is 58.6 Å². The van der Waals surface area contributed by atoms with E-state index >= 15 is 0 Å². The van der Waals surface area contributed by atoms with E-state index in [2.05, 4.69) is 21.2 Å². The first-order valence-electron chi connectivity index (χ1n) is 10.4. The van der Waals surface area contributed by atoms with E-state index in [1.807, 2.05) is 85.8 Å². The number of nitrogens with zero attached hydrogens (tertiary/aromatic N) is 1. The molecule has 1 aliphatic rings. The molecule has 0 aliphatic carbocycles. The molecule has 168 valence electrons. The maximum Gasteiger partial charge on any atom is 0.265 e. The van der Waals surface area contributed by atoms with Gasteiger partial charge in [-0.1, -0.05) is 60.3 Å². The number of benzene rings is 3. The van der Waals surface area contributed by atoms with Crippen molar-refractivity contribution in [1.29, 1.82) is 0 Å². The molecule has 0 aromatic heterocycles. The number of carbonyl (C=O) groups is 2. The zero-order valence-electron chi connectivity index (χ0n) is 18.2. The van der Waals surface area contributed by atoms with E-state index in [-0.39, 0.29) is 24.4 Å². The van der Waals surface area contributed by atoms with Crippen LogP contribution in [-0.4, -0.2) is 25.5 Å². The molecule has 1 atom stereocenters. The van der Waals surface area contributed by atoms with Crippen LogP contribution in [0, 0.1) is 0 Å². The first kappa shape index (κ1) is 23.1. The van der Waals surface area contributed by atoms with Crippen molar-refractivity contribution in [3.63, 3.8) is 0 Å². The lowest BCUT2D eigenvalue weighted by Crippen LogP contribution is -2.43. The Balaban J connectivity index is 1.58. The van der Waals surface area contributed by atoms with E-state index in [1.165, 1.54) is 11.8 Å². The molecule has 0 saturated carbocycles. The first-order chi connectivity index (χ1) is 16.0. The summed E-state index contributed by atoms with van der Waals surface area (Å²) in [6.45, 7) is 1.87. The van der Waals surface area contributed by atoms with Gasteiger partial charge >= 0.3 is 0 Å². The van der Waals surface area contributed by atoms with Gasteiger partial charge in [0, 0.05) is 4.90 Å². The molecule has 2 amide bonds. The van der Waals surface area contributed by atoms with Crippen LogP contribution in [0.5, 0.6) is 5.75 Å². The number of carbonyl (C=O) groups excluding carboxylic acids is 2. The van der Waals surface area contributed by atoms with Gasteiger partial charge in [-0.3, -0.25) is 14.5 Å². The molecule has 7 heteroatoms. The standard InChI is InChI=1S/C26H23BrN2O3S/c1-17(19-8-4-3-5-9-19)28-25(30)16-29-21-10-6-7-11-23(21)33-24(26(29)31)15-18-12-13-22(32-2)20(27)14-18/h3-15,17H,16H2,1-2H3,(H,28,30). The van der Waals surface area contributed by atoms with Gasteiger partial charge in [0.05, 0.1) is 28.2 Å². The monoisotopic (exact) mass is 522 g/mol. The molecule has 1 aliphatic heterocycles. The Morgan fingerprint density at radius 3 is 2.58 bits per heavy atom. The Hall–Kier alpha value is -3.03. The normalized spacial score (nSPS) is 15.2. The summed E-state index contributed by atoms with van der Waals surface area (Å²) in [5.74, 6) is 0.303. The minimum atomic E-state index is -0.215. The number of methoxy groups -OCH3 is 1. The Bertz CT molecular complexity index is 1210. The number of nitrogens with one attached hydrogen (secondary N) is 1. The number of hydrogen-bond donors (Lipinski definition) is 1. The first-order valence-corrected chi connectivity index (χ1v) is 12.1.